The van der Waals surface area contributed by atoms with Gasteiger partial charge in [0.25, 0.3) is 0 Å². The standard InChI is InChI=1S/C40H74NO10P/c1-3-5-7-9-11-13-15-17-19-21-23-25-27-29-31-38(42)48-33-36(34-49-52(46,47)50-35-37(41)40(44)45)51-39(43)32-30-28-26-24-22-20-18-16-14-12-10-8-6-4-2/h15-18,36-37H,3-14,19-35,41H2,1-2H3,(H,44,45)(H,46,47)/b17-15-,18-16-. The van der Waals surface area contributed by atoms with Crippen molar-refractivity contribution in [1.29, 1.82) is 0 Å². The number of ether oxygens (including phenoxy) is 2. The van der Waals surface area contributed by atoms with Gasteiger partial charge < -0.3 is 25.2 Å². The quantitative estimate of drug-likeness (QED) is 0.0237. The number of allylic oxidation sites excluding steroid dienone is 4. The first kappa shape index (κ1) is 50.0. The first-order valence-electron chi connectivity index (χ1n) is 20.4. The number of aliphatic carboxylic acids is 1. The highest BCUT2D eigenvalue weighted by molar-refractivity contribution is 7.47. The molecule has 0 aromatic rings. The van der Waals surface area contributed by atoms with Crippen molar-refractivity contribution in [3.63, 3.8) is 0 Å². The summed E-state index contributed by atoms with van der Waals surface area (Å²) in [6.45, 7) is 2.76. The summed E-state index contributed by atoms with van der Waals surface area (Å²) in [5.74, 6) is -2.40. The van der Waals surface area contributed by atoms with E-state index in [9.17, 15) is 23.8 Å². The number of hydrogen-bond acceptors (Lipinski definition) is 9. The second-order valence-electron chi connectivity index (χ2n) is 13.8. The van der Waals surface area contributed by atoms with Crippen molar-refractivity contribution in [2.75, 3.05) is 19.8 Å². The molecule has 0 fully saturated rings. The molecule has 11 nitrogen and oxygen atoms in total. The molecule has 0 radical (unpaired) electrons. The Bertz CT molecular complexity index is 989. The third-order valence-electron chi connectivity index (χ3n) is 8.67. The fourth-order valence-corrected chi connectivity index (χ4v) is 6.18. The van der Waals surface area contributed by atoms with Crippen LogP contribution in [0.2, 0.25) is 0 Å². The van der Waals surface area contributed by atoms with Gasteiger partial charge in [0.2, 0.25) is 0 Å². The average molecular weight is 760 g/mol. The second-order valence-corrected chi connectivity index (χ2v) is 15.2. The zero-order valence-corrected chi connectivity index (χ0v) is 33.5. The summed E-state index contributed by atoms with van der Waals surface area (Å²) >= 11 is 0. The maximum absolute atomic E-state index is 12.6. The number of nitrogens with two attached hydrogens (primary N) is 1. The maximum Gasteiger partial charge on any atom is 0.472 e. The fraction of sp³-hybridized carbons (Fsp3) is 0.825. The number of hydrogen-bond donors (Lipinski definition) is 3. The summed E-state index contributed by atoms with van der Waals surface area (Å²) in [7, 11) is -4.71. The number of phosphoric acid groups is 1. The average Bonchev–Trinajstić information content (AvgIpc) is 3.12. The van der Waals surface area contributed by atoms with E-state index >= 15 is 0 Å². The van der Waals surface area contributed by atoms with Crippen molar-refractivity contribution >= 4 is 25.7 Å². The molecule has 304 valence electrons. The Kier molecular flexibility index (Phi) is 34.6. The lowest BCUT2D eigenvalue weighted by molar-refractivity contribution is -0.161. The second kappa shape index (κ2) is 36.0. The molecule has 0 aliphatic rings. The van der Waals surface area contributed by atoms with Gasteiger partial charge in [0.1, 0.15) is 12.6 Å². The minimum atomic E-state index is -4.71. The fourth-order valence-electron chi connectivity index (χ4n) is 5.41. The van der Waals surface area contributed by atoms with Crippen molar-refractivity contribution in [2.45, 2.75) is 193 Å². The first-order valence-corrected chi connectivity index (χ1v) is 21.9. The van der Waals surface area contributed by atoms with E-state index in [4.69, 9.17) is 24.8 Å². The Morgan fingerprint density at radius 2 is 0.962 bits per heavy atom. The lowest BCUT2D eigenvalue weighted by Gasteiger charge is -2.20. The lowest BCUT2D eigenvalue weighted by atomic mass is 10.1. The third-order valence-corrected chi connectivity index (χ3v) is 9.62. The minimum Gasteiger partial charge on any atom is -0.480 e. The molecule has 0 aromatic carbocycles. The Labute approximate surface area is 315 Å². The van der Waals surface area contributed by atoms with Gasteiger partial charge in [-0.15, -0.1) is 0 Å². The predicted octanol–water partition coefficient (Wildman–Crippen LogP) is 10.3. The summed E-state index contributed by atoms with van der Waals surface area (Å²) < 4.78 is 32.6. The van der Waals surface area contributed by atoms with Gasteiger partial charge in [0.15, 0.2) is 6.10 Å². The number of carbonyl (C=O) groups excluding carboxylic acids is 2. The number of phosphoric ester groups is 1. The lowest BCUT2D eigenvalue weighted by Crippen LogP contribution is -2.34. The normalized spacial score (nSPS) is 14.1. The highest BCUT2D eigenvalue weighted by atomic mass is 31.2. The highest BCUT2D eigenvalue weighted by Gasteiger charge is 2.28. The molecule has 4 N–H and O–H groups in total. The van der Waals surface area contributed by atoms with E-state index in [1.807, 2.05) is 0 Å². The van der Waals surface area contributed by atoms with Crippen LogP contribution in [-0.4, -0.2) is 59.9 Å². The van der Waals surface area contributed by atoms with E-state index < -0.39 is 51.1 Å². The third kappa shape index (κ3) is 35.0. The van der Waals surface area contributed by atoms with Crippen LogP contribution >= 0.6 is 7.82 Å². The van der Waals surface area contributed by atoms with Gasteiger partial charge in [-0.05, 0) is 64.2 Å². The summed E-state index contributed by atoms with van der Waals surface area (Å²) in [6, 6.07) is -1.52. The molecule has 0 aliphatic carbocycles. The van der Waals surface area contributed by atoms with Crippen LogP contribution in [0.5, 0.6) is 0 Å². The summed E-state index contributed by atoms with van der Waals surface area (Å²) in [5.41, 5.74) is 5.32. The van der Waals surface area contributed by atoms with Crippen LogP contribution in [-0.2, 0) is 37.5 Å². The van der Waals surface area contributed by atoms with E-state index in [-0.39, 0.29) is 19.4 Å². The molecule has 0 spiro atoms. The molecule has 12 heteroatoms. The monoisotopic (exact) mass is 760 g/mol. The molecule has 3 unspecified atom stereocenters. The van der Waals surface area contributed by atoms with Crippen molar-refractivity contribution < 1.29 is 47.5 Å². The van der Waals surface area contributed by atoms with Crippen molar-refractivity contribution in [1.82, 2.24) is 0 Å². The van der Waals surface area contributed by atoms with Crippen molar-refractivity contribution in [3.05, 3.63) is 24.3 Å². The van der Waals surface area contributed by atoms with Gasteiger partial charge in [-0.1, -0.05) is 128 Å². The maximum atomic E-state index is 12.6. The van der Waals surface area contributed by atoms with Crippen LogP contribution < -0.4 is 5.73 Å². The zero-order valence-electron chi connectivity index (χ0n) is 32.7. The topological polar surface area (TPSA) is 172 Å². The largest absolute Gasteiger partial charge is 0.480 e. The Morgan fingerprint density at radius 3 is 1.40 bits per heavy atom. The van der Waals surface area contributed by atoms with Crippen LogP contribution in [0, 0.1) is 0 Å². The van der Waals surface area contributed by atoms with E-state index in [2.05, 4.69) is 42.7 Å². The van der Waals surface area contributed by atoms with Crippen LogP contribution in [0.25, 0.3) is 0 Å². The van der Waals surface area contributed by atoms with Gasteiger partial charge in [0.05, 0.1) is 13.2 Å². The number of rotatable bonds is 38. The van der Waals surface area contributed by atoms with E-state index in [0.717, 1.165) is 77.0 Å². The minimum absolute atomic E-state index is 0.151. The summed E-state index contributed by atoms with van der Waals surface area (Å²) in [5, 5.41) is 8.87. The number of esters is 2. The molecule has 0 amide bonds. The molecule has 52 heavy (non-hydrogen) atoms. The smallest absolute Gasteiger partial charge is 0.472 e. The summed E-state index contributed by atoms with van der Waals surface area (Å²) in [4.78, 5) is 45.8. The van der Waals surface area contributed by atoms with Gasteiger partial charge in [-0.25, -0.2) is 4.57 Å². The molecule has 0 aromatic heterocycles. The predicted molar refractivity (Wildman–Crippen MR) is 208 cm³/mol. The van der Waals surface area contributed by atoms with E-state index in [0.29, 0.717) is 12.8 Å². The van der Waals surface area contributed by atoms with Crippen molar-refractivity contribution in [2.24, 2.45) is 5.73 Å². The van der Waals surface area contributed by atoms with Crippen LogP contribution in [0.3, 0.4) is 0 Å². The van der Waals surface area contributed by atoms with Crippen molar-refractivity contribution in [3.8, 4) is 0 Å². The number of carboxylic acid groups (broad SMARTS) is 1. The van der Waals surface area contributed by atoms with E-state index in [1.54, 1.807) is 0 Å². The van der Waals surface area contributed by atoms with Gasteiger partial charge in [0, 0.05) is 12.8 Å². The number of unbranched alkanes of at least 4 members (excludes halogenated alkanes) is 20. The highest BCUT2D eigenvalue weighted by Crippen LogP contribution is 2.43. The van der Waals surface area contributed by atoms with E-state index in [1.165, 1.54) is 64.2 Å². The molecular weight excluding hydrogens is 685 g/mol. The van der Waals surface area contributed by atoms with Gasteiger partial charge in [-0.2, -0.15) is 0 Å². The zero-order chi connectivity index (χ0) is 38.5. The van der Waals surface area contributed by atoms with Crippen LogP contribution in [0.4, 0.5) is 0 Å². The van der Waals surface area contributed by atoms with Crippen LogP contribution in [0.1, 0.15) is 181 Å². The van der Waals surface area contributed by atoms with Crippen LogP contribution in [0.15, 0.2) is 24.3 Å². The Morgan fingerprint density at radius 1 is 0.577 bits per heavy atom. The SMILES string of the molecule is CCCCCCC/C=C\CCCCCCCC(=O)OCC(COP(=O)(O)OCC(N)C(=O)O)OC(=O)CCCCCCC/C=C\CCCCCCC. The molecule has 0 saturated heterocycles. The Balaban J connectivity index is 4.43. The molecule has 0 saturated carbocycles. The molecule has 0 rings (SSSR count). The molecule has 0 bridgehead atoms. The molecule has 0 heterocycles. The van der Waals surface area contributed by atoms with Gasteiger partial charge >= 0.3 is 25.7 Å². The molecule has 0 aliphatic heterocycles. The Hall–Kier alpha value is -2.04. The number of carboxylic acids is 1. The molecule has 3 atom stereocenters. The summed E-state index contributed by atoms with van der Waals surface area (Å²) in [6.07, 6.45) is 35.3. The van der Waals surface area contributed by atoms with Gasteiger partial charge in [-0.3, -0.25) is 23.4 Å². The molecular formula is C40H74NO10P. The number of carbonyl (C=O) groups is 3. The first-order chi connectivity index (χ1) is 25.1.